The Hall–Kier alpha value is -1.42. The van der Waals surface area contributed by atoms with Gasteiger partial charge in [0.25, 0.3) is 8.32 Å². The van der Waals surface area contributed by atoms with Crippen molar-refractivity contribution in [2.75, 3.05) is 6.61 Å². The van der Waals surface area contributed by atoms with Gasteiger partial charge in [0.1, 0.15) is 0 Å². The molecule has 2 aromatic carbocycles. The zero-order valence-corrected chi connectivity index (χ0v) is 17.3. The number of hydrogen-bond donors (Lipinski definition) is 1. The Morgan fingerprint density at radius 3 is 1.69 bits per heavy atom. The van der Waals surface area contributed by atoms with Crippen molar-refractivity contribution < 1.29 is 9.53 Å². The highest BCUT2D eigenvalue weighted by Crippen LogP contribution is 2.39. The summed E-state index contributed by atoms with van der Waals surface area (Å²) in [7, 11) is -2.43. The van der Waals surface area contributed by atoms with Crippen molar-refractivity contribution in [3.8, 4) is 0 Å². The summed E-state index contributed by atoms with van der Waals surface area (Å²) >= 11 is 0. The topological polar surface area (TPSA) is 29.5 Å². The third-order valence-corrected chi connectivity index (χ3v) is 10.9. The van der Waals surface area contributed by atoms with Crippen LogP contribution in [0.1, 0.15) is 46.5 Å². The van der Waals surface area contributed by atoms with Gasteiger partial charge in [-0.15, -0.1) is 0 Å². The molecule has 1 aliphatic carbocycles. The molecule has 2 nitrogen and oxygen atoms in total. The van der Waals surface area contributed by atoms with E-state index in [0.29, 0.717) is 12.5 Å². The molecule has 0 bridgehead atoms. The monoisotopic (exact) mass is 368 g/mol. The van der Waals surface area contributed by atoms with Gasteiger partial charge in [0, 0.05) is 12.7 Å². The first-order valence-corrected chi connectivity index (χ1v) is 11.8. The van der Waals surface area contributed by atoms with Crippen LogP contribution in [0.5, 0.6) is 0 Å². The third kappa shape index (κ3) is 3.80. The molecule has 1 N–H and O–H groups in total. The molecule has 3 rings (SSSR count). The van der Waals surface area contributed by atoms with Crippen LogP contribution >= 0.6 is 0 Å². The second-order valence-electron chi connectivity index (χ2n) is 8.61. The Balaban J connectivity index is 2.04. The first kappa shape index (κ1) is 19.3. The fourth-order valence-corrected chi connectivity index (χ4v) is 9.12. The zero-order valence-electron chi connectivity index (χ0n) is 16.3. The normalized spacial score (nSPS) is 21.5. The maximum atomic E-state index is 9.46. The van der Waals surface area contributed by atoms with Crippen LogP contribution < -0.4 is 10.4 Å². The number of rotatable bonds is 5. The fraction of sp³-hybridized carbons (Fsp3) is 0.478. The predicted octanol–water partition coefficient (Wildman–Crippen LogP) is 4.11. The molecule has 0 atom stereocenters. The van der Waals surface area contributed by atoms with E-state index in [-0.39, 0.29) is 11.1 Å². The smallest absolute Gasteiger partial charge is 0.261 e. The van der Waals surface area contributed by atoms with E-state index in [2.05, 4.69) is 81.4 Å². The standard InChI is InChI=1S/C23H32O2Si/c1-23(2,3)26(21-10-6-4-7-11-21,22-12-8-5-9-13-22)25-20-16-14-19(18-24)15-17-20/h4-13,19-20,24H,14-18H2,1-3H3. The Morgan fingerprint density at radius 2 is 1.31 bits per heavy atom. The van der Waals surface area contributed by atoms with Crippen molar-refractivity contribution in [3.05, 3.63) is 60.7 Å². The van der Waals surface area contributed by atoms with Gasteiger partial charge in [-0.1, -0.05) is 81.4 Å². The van der Waals surface area contributed by atoms with Gasteiger partial charge in [0.05, 0.1) is 0 Å². The molecule has 0 aliphatic heterocycles. The van der Waals surface area contributed by atoms with E-state index in [4.69, 9.17) is 4.43 Å². The van der Waals surface area contributed by atoms with Crippen molar-refractivity contribution in [2.45, 2.75) is 57.6 Å². The number of benzene rings is 2. The summed E-state index contributed by atoms with van der Waals surface area (Å²) in [6, 6.07) is 21.7. The average molecular weight is 369 g/mol. The number of aliphatic hydroxyl groups is 1. The van der Waals surface area contributed by atoms with E-state index in [0.717, 1.165) is 25.7 Å². The van der Waals surface area contributed by atoms with Crippen molar-refractivity contribution in [3.63, 3.8) is 0 Å². The maximum absolute atomic E-state index is 9.46. The van der Waals surface area contributed by atoms with Crippen LogP contribution in [0.15, 0.2) is 60.7 Å². The highest BCUT2D eigenvalue weighted by molar-refractivity contribution is 6.99. The van der Waals surface area contributed by atoms with Crippen molar-refractivity contribution in [1.29, 1.82) is 0 Å². The second-order valence-corrected chi connectivity index (χ2v) is 12.9. The molecule has 0 heterocycles. The van der Waals surface area contributed by atoms with Crippen LogP contribution in [0.25, 0.3) is 0 Å². The van der Waals surface area contributed by atoms with Crippen LogP contribution in [0.4, 0.5) is 0 Å². The lowest BCUT2D eigenvalue weighted by Crippen LogP contribution is -2.67. The van der Waals surface area contributed by atoms with Gasteiger partial charge in [0.2, 0.25) is 0 Å². The Morgan fingerprint density at radius 1 is 0.846 bits per heavy atom. The van der Waals surface area contributed by atoms with Gasteiger partial charge >= 0.3 is 0 Å². The lowest BCUT2D eigenvalue weighted by Gasteiger charge is -2.46. The molecule has 0 spiro atoms. The Kier molecular flexibility index (Phi) is 6.01. The summed E-state index contributed by atoms with van der Waals surface area (Å²) in [4.78, 5) is 0. The van der Waals surface area contributed by atoms with E-state index in [1.165, 1.54) is 10.4 Å². The van der Waals surface area contributed by atoms with Crippen LogP contribution in [0.3, 0.4) is 0 Å². The first-order valence-electron chi connectivity index (χ1n) is 9.87. The largest absolute Gasteiger partial charge is 0.404 e. The van der Waals surface area contributed by atoms with Crippen LogP contribution in [-0.4, -0.2) is 26.1 Å². The molecule has 0 radical (unpaired) electrons. The first-order chi connectivity index (χ1) is 12.5. The summed E-state index contributed by atoms with van der Waals surface area (Å²) < 4.78 is 7.17. The second kappa shape index (κ2) is 8.08. The molecule has 2 aromatic rings. The van der Waals surface area contributed by atoms with Crippen molar-refractivity contribution >= 4 is 18.7 Å². The van der Waals surface area contributed by atoms with Crippen molar-refractivity contribution in [2.24, 2.45) is 5.92 Å². The van der Waals surface area contributed by atoms with Gasteiger partial charge in [-0.05, 0) is 47.0 Å². The lowest BCUT2D eigenvalue weighted by atomic mass is 9.88. The quantitative estimate of drug-likeness (QED) is 0.805. The summed E-state index contributed by atoms with van der Waals surface area (Å²) in [6.07, 6.45) is 4.52. The van der Waals surface area contributed by atoms with E-state index in [1.54, 1.807) is 0 Å². The third-order valence-electron chi connectivity index (χ3n) is 5.81. The van der Waals surface area contributed by atoms with E-state index < -0.39 is 8.32 Å². The molecular weight excluding hydrogens is 336 g/mol. The van der Waals surface area contributed by atoms with E-state index >= 15 is 0 Å². The van der Waals surface area contributed by atoms with Gasteiger partial charge in [-0.25, -0.2) is 0 Å². The SMILES string of the molecule is CC(C)(C)[Si](OC1CCC(CO)CC1)(c1ccccc1)c1ccccc1. The van der Waals surface area contributed by atoms with Crippen LogP contribution in [0, 0.1) is 5.92 Å². The molecule has 0 saturated heterocycles. The van der Waals surface area contributed by atoms with E-state index in [1.807, 2.05) is 0 Å². The van der Waals surface area contributed by atoms with E-state index in [9.17, 15) is 5.11 Å². The Labute approximate surface area is 159 Å². The summed E-state index contributed by atoms with van der Waals surface area (Å²) in [6.45, 7) is 7.31. The molecule has 0 amide bonds. The minimum atomic E-state index is -2.43. The van der Waals surface area contributed by atoms with Crippen LogP contribution in [-0.2, 0) is 4.43 Å². The molecule has 26 heavy (non-hydrogen) atoms. The van der Waals surface area contributed by atoms with Crippen molar-refractivity contribution in [1.82, 2.24) is 0 Å². The molecule has 1 aliphatic rings. The highest BCUT2D eigenvalue weighted by atomic mass is 28.4. The molecule has 140 valence electrons. The zero-order chi connectivity index (χ0) is 18.6. The number of hydrogen-bond acceptors (Lipinski definition) is 2. The summed E-state index contributed by atoms with van der Waals surface area (Å²) in [5.74, 6) is 0.453. The summed E-state index contributed by atoms with van der Waals surface area (Å²) in [5, 5.41) is 12.2. The number of aliphatic hydroxyl groups excluding tert-OH is 1. The van der Waals surface area contributed by atoms with Gasteiger partial charge in [-0.2, -0.15) is 0 Å². The fourth-order valence-electron chi connectivity index (χ4n) is 4.37. The summed E-state index contributed by atoms with van der Waals surface area (Å²) in [5.41, 5.74) is 0. The minimum Gasteiger partial charge on any atom is -0.404 e. The van der Waals surface area contributed by atoms with Gasteiger partial charge in [-0.3, -0.25) is 0 Å². The molecule has 0 unspecified atom stereocenters. The maximum Gasteiger partial charge on any atom is 0.261 e. The van der Waals surface area contributed by atoms with Crippen LogP contribution in [0.2, 0.25) is 5.04 Å². The van der Waals surface area contributed by atoms with Gasteiger partial charge < -0.3 is 9.53 Å². The Bertz CT molecular complexity index is 631. The van der Waals surface area contributed by atoms with Gasteiger partial charge in [0.15, 0.2) is 0 Å². The molecule has 1 saturated carbocycles. The molecule has 0 aromatic heterocycles. The highest BCUT2D eigenvalue weighted by Gasteiger charge is 2.51. The minimum absolute atomic E-state index is 0.0313. The molecule has 3 heteroatoms. The predicted molar refractivity (Wildman–Crippen MR) is 112 cm³/mol. The lowest BCUT2D eigenvalue weighted by molar-refractivity contribution is 0.0969. The molecular formula is C23H32O2Si. The molecule has 1 fully saturated rings. The average Bonchev–Trinajstić information content (AvgIpc) is 2.67.